The molecule has 17 heavy (non-hydrogen) atoms. The van der Waals surface area contributed by atoms with Gasteiger partial charge in [0.1, 0.15) is 11.5 Å². The maximum atomic E-state index is 13.2. The standard InChI is InChI=1S/C13H16FN3/c1-9-13(11-4-2-3-7-15-11)16-12-6-5-10(14)8-17(9)12/h5-6,8,11,15H,2-4,7H2,1H3. The van der Waals surface area contributed by atoms with Crippen molar-refractivity contribution in [2.24, 2.45) is 0 Å². The summed E-state index contributed by atoms with van der Waals surface area (Å²) in [7, 11) is 0. The van der Waals surface area contributed by atoms with E-state index >= 15 is 0 Å². The van der Waals surface area contributed by atoms with Gasteiger partial charge in [-0.3, -0.25) is 0 Å². The monoisotopic (exact) mass is 233 g/mol. The Labute approximate surface area is 99.7 Å². The van der Waals surface area contributed by atoms with Crippen LogP contribution in [0.2, 0.25) is 0 Å². The molecule has 1 atom stereocenters. The molecule has 0 aromatic carbocycles. The van der Waals surface area contributed by atoms with E-state index in [9.17, 15) is 4.39 Å². The molecule has 90 valence electrons. The van der Waals surface area contributed by atoms with Crippen LogP contribution < -0.4 is 5.32 Å². The minimum absolute atomic E-state index is 0.221. The summed E-state index contributed by atoms with van der Waals surface area (Å²) in [5.41, 5.74) is 2.93. The van der Waals surface area contributed by atoms with Crippen LogP contribution in [0.1, 0.15) is 36.7 Å². The largest absolute Gasteiger partial charge is 0.309 e. The molecule has 0 aliphatic carbocycles. The Morgan fingerprint density at radius 2 is 2.29 bits per heavy atom. The molecule has 0 saturated carbocycles. The van der Waals surface area contributed by atoms with Crippen LogP contribution >= 0.6 is 0 Å². The number of imidazole rings is 1. The Kier molecular flexibility index (Phi) is 2.59. The number of pyridine rings is 1. The van der Waals surface area contributed by atoms with Crippen LogP contribution in [0.4, 0.5) is 4.39 Å². The number of aryl methyl sites for hydroxylation is 1. The van der Waals surface area contributed by atoms with Crippen LogP contribution in [0.25, 0.3) is 5.65 Å². The summed E-state index contributed by atoms with van der Waals surface area (Å²) in [4.78, 5) is 4.61. The molecule has 2 aromatic heterocycles. The van der Waals surface area contributed by atoms with Crippen LogP contribution in [0.15, 0.2) is 18.3 Å². The highest BCUT2D eigenvalue weighted by Crippen LogP contribution is 2.25. The van der Waals surface area contributed by atoms with Gasteiger partial charge in [0.15, 0.2) is 0 Å². The molecule has 3 rings (SSSR count). The van der Waals surface area contributed by atoms with Gasteiger partial charge in [-0.15, -0.1) is 0 Å². The molecule has 4 heteroatoms. The summed E-state index contributed by atoms with van der Waals surface area (Å²) in [6.45, 7) is 3.05. The summed E-state index contributed by atoms with van der Waals surface area (Å²) >= 11 is 0. The number of hydrogen-bond acceptors (Lipinski definition) is 2. The molecule has 1 saturated heterocycles. The number of nitrogens with zero attached hydrogens (tertiary/aromatic N) is 2. The van der Waals surface area contributed by atoms with Crippen LogP contribution in [0, 0.1) is 12.7 Å². The highest BCUT2D eigenvalue weighted by molar-refractivity contribution is 5.43. The SMILES string of the molecule is Cc1c(C2CCCCN2)nc2ccc(F)cn12. The Bertz CT molecular complexity index is 541. The van der Waals surface area contributed by atoms with Gasteiger partial charge in [-0.1, -0.05) is 6.42 Å². The summed E-state index contributed by atoms with van der Waals surface area (Å²) in [5, 5.41) is 3.48. The molecule has 1 N–H and O–H groups in total. The molecule has 2 aromatic rings. The zero-order valence-electron chi connectivity index (χ0n) is 9.91. The van der Waals surface area contributed by atoms with Crippen LogP contribution in [0.5, 0.6) is 0 Å². The summed E-state index contributed by atoms with van der Waals surface area (Å²) in [6.07, 6.45) is 5.09. The molecule has 0 bridgehead atoms. The molecule has 3 heterocycles. The quantitative estimate of drug-likeness (QED) is 0.820. The normalized spacial score (nSPS) is 20.9. The highest BCUT2D eigenvalue weighted by Gasteiger charge is 2.20. The van der Waals surface area contributed by atoms with Crippen molar-refractivity contribution in [1.29, 1.82) is 0 Å². The highest BCUT2D eigenvalue weighted by atomic mass is 19.1. The number of hydrogen-bond donors (Lipinski definition) is 1. The van der Waals surface area contributed by atoms with Gasteiger partial charge in [0, 0.05) is 11.9 Å². The fraction of sp³-hybridized carbons (Fsp3) is 0.462. The van der Waals surface area contributed by atoms with Crippen molar-refractivity contribution in [3.8, 4) is 0 Å². The molecular weight excluding hydrogens is 217 g/mol. The Balaban J connectivity index is 2.07. The first-order valence-electron chi connectivity index (χ1n) is 6.13. The molecule has 1 unspecified atom stereocenters. The van der Waals surface area contributed by atoms with Gasteiger partial charge >= 0.3 is 0 Å². The Hall–Kier alpha value is -1.42. The molecular formula is C13H16FN3. The number of nitrogens with one attached hydrogen (secondary N) is 1. The minimum Gasteiger partial charge on any atom is -0.309 e. The zero-order valence-corrected chi connectivity index (χ0v) is 9.91. The van der Waals surface area contributed by atoms with E-state index in [0.717, 1.165) is 30.0 Å². The van der Waals surface area contributed by atoms with Crippen molar-refractivity contribution < 1.29 is 4.39 Å². The number of halogens is 1. The first-order chi connectivity index (χ1) is 8.25. The lowest BCUT2D eigenvalue weighted by Crippen LogP contribution is -2.27. The molecule has 3 nitrogen and oxygen atoms in total. The van der Waals surface area contributed by atoms with E-state index in [1.54, 1.807) is 6.07 Å². The van der Waals surface area contributed by atoms with Crippen molar-refractivity contribution in [3.05, 3.63) is 35.5 Å². The minimum atomic E-state index is -0.221. The summed E-state index contributed by atoms with van der Waals surface area (Å²) in [6, 6.07) is 3.51. The average molecular weight is 233 g/mol. The lowest BCUT2D eigenvalue weighted by atomic mass is 10.0. The van der Waals surface area contributed by atoms with Gasteiger partial charge in [0.05, 0.1) is 11.7 Å². The topological polar surface area (TPSA) is 29.3 Å². The second kappa shape index (κ2) is 4.11. The molecule has 1 aliphatic rings. The molecule has 1 fully saturated rings. The van der Waals surface area contributed by atoms with Crippen molar-refractivity contribution >= 4 is 5.65 Å². The maximum Gasteiger partial charge on any atom is 0.139 e. The predicted octanol–water partition coefficient (Wildman–Crippen LogP) is 2.60. The third-order valence-electron chi connectivity index (χ3n) is 3.50. The zero-order chi connectivity index (χ0) is 11.8. The van der Waals surface area contributed by atoms with E-state index in [-0.39, 0.29) is 5.82 Å². The van der Waals surface area contributed by atoms with E-state index in [0.29, 0.717) is 6.04 Å². The van der Waals surface area contributed by atoms with Crippen molar-refractivity contribution in [2.45, 2.75) is 32.2 Å². The van der Waals surface area contributed by atoms with E-state index < -0.39 is 0 Å². The number of rotatable bonds is 1. The molecule has 0 spiro atoms. The van der Waals surface area contributed by atoms with Gasteiger partial charge in [-0.2, -0.15) is 0 Å². The Morgan fingerprint density at radius 1 is 1.41 bits per heavy atom. The van der Waals surface area contributed by atoms with Crippen molar-refractivity contribution in [2.75, 3.05) is 6.54 Å². The van der Waals surface area contributed by atoms with E-state index in [1.165, 1.54) is 25.1 Å². The summed E-state index contributed by atoms with van der Waals surface area (Å²) < 4.78 is 15.0. The Morgan fingerprint density at radius 3 is 3.06 bits per heavy atom. The maximum absolute atomic E-state index is 13.2. The van der Waals surface area contributed by atoms with Gasteiger partial charge < -0.3 is 9.72 Å². The first-order valence-corrected chi connectivity index (χ1v) is 6.13. The fourth-order valence-corrected chi connectivity index (χ4v) is 2.57. The van der Waals surface area contributed by atoms with Crippen molar-refractivity contribution in [1.82, 2.24) is 14.7 Å². The first kappa shape index (κ1) is 10.7. The number of piperidine rings is 1. The molecule has 1 aliphatic heterocycles. The van der Waals surface area contributed by atoms with E-state index in [4.69, 9.17) is 0 Å². The number of aromatic nitrogens is 2. The lowest BCUT2D eigenvalue weighted by molar-refractivity contribution is 0.405. The van der Waals surface area contributed by atoms with Crippen LogP contribution in [0.3, 0.4) is 0 Å². The second-order valence-electron chi connectivity index (χ2n) is 4.66. The number of fused-ring (bicyclic) bond motifs is 1. The second-order valence-corrected chi connectivity index (χ2v) is 4.66. The lowest BCUT2D eigenvalue weighted by Gasteiger charge is -2.22. The van der Waals surface area contributed by atoms with Crippen LogP contribution in [-0.2, 0) is 0 Å². The molecule has 0 radical (unpaired) electrons. The average Bonchev–Trinajstić information content (AvgIpc) is 2.68. The van der Waals surface area contributed by atoms with Crippen LogP contribution in [-0.4, -0.2) is 15.9 Å². The van der Waals surface area contributed by atoms with E-state index in [2.05, 4.69) is 10.3 Å². The third-order valence-corrected chi connectivity index (χ3v) is 3.50. The van der Waals surface area contributed by atoms with Gasteiger partial charge in [0.2, 0.25) is 0 Å². The third kappa shape index (κ3) is 1.82. The fourth-order valence-electron chi connectivity index (χ4n) is 2.57. The summed E-state index contributed by atoms with van der Waals surface area (Å²) in [5.74, 6) is -0.221. The smallest absolute Gasteiger partial charge is 0.139 e. The molecule has 0 amide bonds. The predicted molar refractivity (Wildman–Crippen MR) is 64.5 cm³/mol. The van der Waals surface area contributed by atoms with Gasteiger partial charge in [0.25, 0.3) is 0 Å². The van der Waals surface area contributed by atoms with Gasteiger partial charge in [-0.25, -0.2) is 9.37 Å². The van der Waals surface area contributed by atoms with Gasteiger partial charge in [-0.05, 0) is 38.4 Å². The van der Waals surface area contributed by atoms with E-state index in [1.807, 2.05) is 11.3 Å². The van der Waals surface area contributed by atoms with Crippen molar-refractivity contribution in [3.63, 3.8) is 0 Å².